The van der Waals surface area contributed by atoms with Gasteiger partial charge in [0.15, 0.2) is 11.0 Å². The Labute approximate surface area is 121 Å². The standard InChI is InChI=1S/C15H13ClN4/c1-9-10(2)19-15(14(16)18-9)20-12-5-6-13-11(8-12)4-3-7-17-13/h3-8H,1-2H3,(H,19,20). The summed E-state index contributed by atoms with van der Waals surface area (Å²) in [4.78, 5) is 13.0. The van der Waals surface area contributed by atoms with E-state index in [-0.39, 0.29) is 0 Å². The van der Waals surface area contributed by atoms with E-state index in [0.717, 1.165) is 28.0 Å². The molecule has 0 aliphatic rings. The lowest BCUT2D eigenvalue weighted by Gasteiger charge is -2.09. The SMILES string of the molecule is Cc1nc(Cl)c(Nc2ccc3ncccc3c2)nc1C. The molecular formula is C15H13ClN4. The molecule has 1 N–H and O–H groups in total. The molecule has 0 unspecified atom stereocenters. The van der Waals surface area contributed by atoms with E-state index in [0.29, 0.717) is 11.0 Å². The molecule has 0 bridgehead atoms. The first-order valence-electron chi connectivity index (χ1n) is 6.26. The molecule has 0 spiro atoms. The van der Waals surface area contributed by atoms with Crippen LogP contribution in [0.5, 0.6) is 0 Å². The van der Waals surface area contributed by atoms with E-state index in [4.69, 9.17) is 11.6 Å². The van der Waals surface area contributed by atoms with Crippen molar-refractivity contribution in [3.63, 3.8) is 0 Å². The molecule has 2 heterocycles. The van der Waals surface area contributed by atoms with Crippen LogP contribution in [0.15, 0.2) is 36.5 Å². The Bertz CT molecular complexity index is 786. The molecule has 0 fully saturated rings. The van der Waals surface area contributed by atoms with Crippen molar-refractivity contribution in [2.24, 2.45) is 0 Å². The second-order valence-electron chi connectivity index (χ2n) is 4.57. The number of hydrogen-bond donors (Lipinski definition) is 1. The molecule has 2 aromatic heterocycles. The highest BCUT2D eigenvalue weighted by molar-refractivity contribution is 6.31. The van der Waals surface area contributed by atoms with Crippen molar-refractivity contribution >= 4 is 34.0 Å². The van der Waals surface area contributed by atoms with Crippen molar-refractivity contribution < 1.29 is 0 Å². The maximum Gasteiger partial charge on any atom is 0.172 e. The Morgan fingerprint density at radius 3 is 2.70 bits per heavy atom. The highest BCUT2D eigenvalue weighted by Gasteiger charge is 2.07. The Balaban J connectivity index is 1.99. The summed E-state index contributed by atoms with van der Waals surface area (Å²) in [6, 6.07) is 9.84. The average molecular weight is 285 g/mol. The van der Waals surface area contributed by atoms with Gasteiger partial charge < -0.3 is 5.32 Å². The van der Waals surface area contributed by atoms with Crippen LogP contribution in [-0.4, -0.2) is 15.0 Å². The van der Waals surface area contributed by atoms with E-state index in [2.05, 4.69) is 20.3 Å². The fourth-order valence-electron chi connectivity index (χ4n) is 1.95. The number of nitrogens with one attached hydrogen (secondary N) is 1. The number of pyridine rings is 1. The summed E-state index contributed by atoms with van der Waals surface area (Å²) in [7, 11) is 0. The fraction of sp³-hybridized carbons (Fsp3) is 0.133. The zero-order chi connectivity index (χ0) is 14.1. The second kappa shape index (κ2) is 5.06. The minimum absolute atomic E-state index is 0.374. The highest BCUT2D eigenvalue weighted by Crippen LogP contribution is 2.24. The summed E-state index contributed by atoms with van der Waals surface area (Å²) in [6.07, 6.45) is 1.78. The van der Waals surface area contributed by atoms with Gasteiger partial charge in [0, 0.05) is 17.3 Å². The Kier molecular flexibility index (Phi) is 3.24. The number of nitrogens with zero attached hydrogens (tertiary/aromatic N) is 3. The minimum atomic E-state index is 0.374. The van der Waals surface area contributed by atoms with Crippen LogP contribution >= 0.6 is 11.6 Å². The van der Waals surface area contributed by atoms with Gasteiger partial charge in [-0.3, -0.25) is 4.98 Å². The molecule has 0 radical (unpaired) electrons. The molecule has 3 rings (SSSR count). The van der Waals surface area contributed by atoms with Crippen LogP contribution in [0.2, 0.25) is 5.15 Å². The molecule has 20 heavy (non-hydrogen) atoms. The fourth-order valence-corrected chi connectivity index (χ4v) is 2.16. The lowest BCUT2D eigenvalue weighted by molar-refractivity contribution is 1.05. The summed E-state index contributed by atoms with van der Waals surface area (Å²) in [5.74, 6) is 0.568. The number of anilines is 2. The molecule has 0 aliphatic heterocycles. The molecule has 4 nitrogen and oxygen atoms in total. The third-order valence-electron chi connectivity index (χ3n) is 3.13. The van der Waals surface area contributed by atoms with E-state index < -0.39 is 0 Å². The van der Waals surface area contributed by atoms with Crippen molar-refractivity contribution in [1.29, 1.82) is 0 Å². The van der Waals surface area contributed by atoms with Crippen LogP contribution in [0.3, 0.4) is 0 Å². The molecule has 0 atom stereocenters. The molecule has 3 aromatic rings. The van der Waals surface area contributed by atoms with Gasteiger partial charge in [0.25, 0.3) is 0 Å². The second-order valence-corrected chi connectivity index (χ2v) is 4.93. The summed E-state index contributed by atoms with van der Waals surface area (Å²) < 4.78 is 0. The van der Waals surface area contributed by atoms with Gasteiger partial charge in [-0.15, -0.1) is 0 Å². The topological polar surface area (TPSA) is 50.7 Å². The van der Waals surface area contributed by atoms with E-state index in [9.17, 15) is 0 Å². The number of aromatic nitrogens is 3. The largest absolute Gasteiger partial charge is 0.338 e. The lowest BCUT2D eigenvalue weighted by atomic mass is 10.2. The molecule has 0 amide bonds. The zero-order valence-electron chi connectivity index (χ0n) is 11.2. The van der Waals surface area contributed by atoms with Gasteiger partial charge in [-0.25, -0.2) is 9.97 Å². The van der Waals surface area contributed by atoms with Crippen molar-refractivity contribution in [2.45, 2.75) is 13.8 Å². The summed E-state index contributed by atoms with van der Waals surface area (Å²) in [5.41, 5.74) is 3.56. The quantitative estimate of drug-likeness (QED) is 0.771. The number of fused-ring (bicyclic) bond motifs is 1. The molecule has 1 aromatic carbocycles. The first-order chi connectivity index (χ1) is 9.63. The van der Waals surface area contributed by atoms with Gasteiger partial charge in [-0.05, 0) is 38.1 Å². The molecule has 5 heteroatoms. The number of halogens is 1. The van der Waals surface area contributed by atoms with Crippen LogP contribution in [0.25, 0.3) is 10.9 Å². The lowest BCUT2D eigenvalue weighted by Crippen LogP contribution is -2.00. The van der Waals surface area contributed by atoms with E-state index in [1.54, 1.807) is 6.20 Å². The van der Waals surface area contributed by atoms with Gasteiger partial charge >= 0.3 is 0 Å². The predicted octanol–water partition coefficient (Wildman–Crippen LogP) is 4.04. The normalized spacial score (nSPS) is 10.8. The van der Waals surface area contributed by atoms with E-state index in [1.807, 2.05) is 44.2 Å². The first kappa shape index (κ1) is 12.8. The van der Waals surface area contributed by atoms with Crippen LogP contribution in [0.1, 0.15) is 11.4 Å². The van der Waals surface area contributed by atoms with Crippen LogP contribution in [0, 0.1) is 13.8 Å². The molecule has 100 valence electrons. The predicted molar refractivity (Wildman–Crippen MR) is 81.5 cm³/mol. The smallest absolute Gasteiger partial charge is 0.172 e. The highest BCUT2D eigenvalue weighted by atomic mass is 35.5. The van der Waals surface area contributed by atoms with Crippen molar-refractivity contribution in [2.75, 3.05) is 5.32 Å². The van der Waals surface area contributed by atoms with Crippen LogP contribution in [-0.2, 0) is 0 Å². The average Bonchev–Trinajstić information content (AvgIpc) is 2.44. The van der Waals surface area contributed by atoms with Crippen molar-refractivity contribution in [1.82, 2.24) is 15.0 Å². The zero-order valence-corrected chi connectivity index (χ0v) is 11.9. The minimum Gasteiger partial charge on any atom is -0.338 e. The van der Waals surface area contributed by atoms with Gasteiger partial charge in [0.1, 0.15) is 0 Å². The number of aryl methyl sites for hydroxylation is 2. The van der Waals surface area contributed by atoms with E-state index >= 15 is 0 Å². The molecule has 0 saturated heterocycles. The van der Waals surface area contributed by atoms with Crippen molar-refractivity contribution in [3.05, 3.63) is 53.1 Å². The molecule has 0 saturated carbocycles. The van der Waals surface area contributed by atoms with Gasteiger partial charge in [0.2, 0.25) is 0 Å². The Morgan fingerprint density at radius 1 is 1.05 bits per heavy atom. The number of hydrogen-bond acceptors (Lipinski definition) is 4. The van der Waals surface area contributed by atoms with E-state index in [1.165, 1.54) is 0 Å². The van der Waals surface area contributed by atoms with Gasteiger partial charge in [-0.1, -0.05) is 17.7 Å². The van der Waals surface area contributed by atoms with Crippen LogP contribution < -0.4 is 5.32 Å². The Morgan fingerprint density at radius 2 is 1.85 bits per heavy atom. The number of rotatable bonds is 2. The van der Waals surface area contributed by atoms with Crippen molar-refractivity contribution in [3.8, 4) is 0 Å². The summed E-state index contributed by atoms with van der Waals surface area (Å²) >= 11 is 6.12. The maximum absolute atomic E-state index is 6.12. The molecule has 0 aliphatic carbocycles. The summed E-state index contributed by atoms with van der Waals surface area (Å²) in [5, 5.41) is 4.63. The first-order valence-corrected chi connectivity index (χ1v) is 6.64. The number of benzene rings is 1. The maximum atomic E-state index is 6.12. The van der Waals surface area contributed by atoms with Crippen LogP contribution in [0.4, 0.5) is 11.5 Å². The molecular weight excluding hydrogens is 272 g/mol. The Hall–Kier alpha value is -2.20. The third-order valence-corrected chi connectivity index (χ3v) is 3.39. The van der Waals surface area contributed by atoms with Gasteiger partial charge in [-0.2, -0.15) is 0 Å². The third kappa shape index (κ3) is 2.42. The summed E-state index contributed by atoms with van der Waals surface area (Å²) in [6.45, 7) is 3.80. The monoisotopic (exact) mass is 284 g/mol. The van der Waals surface area contributed by atoms with Gasteiger partial charge in [0.05, 0.1) is 16.9 Å².